The van der Waals surface area contributed by atoms with Crippen molar-refractivity contribution in [2.24, 2.45) is 0 Å². The summed E-state index contributed by atoms with van der Waals surface area (Å²) in [5.74, 6) is 0. The molecule has 176 valence electrons. The fourth-order valence-corrected chi connectivity index (χ4v) is 4.68. The Kier molecular flexibility index (Phi) is 6.34. The van der Waals surface area contributed by atoms with Crippen molar-refractivity contribution in [1.29, 1.82) is 0 Å². The van der Waals surface area contributed by atoms with Crippen LogP contribution in [-0.4, -0.2) is 0 Å². The predicted molar refractivity (Wildman–Crippen MR) is 162 cm³/mol. The molecule has 6 aromatic rings. The maximum Gasteiger partial charge on any atom is 0.0464 e. The van der Waals surface area contributed by atoms with E-state index in [0.29, 0.717) is 0 Å². The van der Waals surface area contributed by atoms with E-state index in [2.05, 4.69) is 151 Å². The molecule has 6 rings (SSSR count). The van der Waals surface area contributed by atoms with E-state index < -0.39 is 0 Å². The van der Waals surface area contributed by atoms with Gasteiger partial charge >= 0.3 is 0 Å². The first kappa shape index (κ1) is 22.6. The van der Waals surface area contributed by atoms with E-state index in [9.17, 15) is 0 Å². The van der Waals surface area contributed by atoms with Crippen molar-refractivity contribution in [3.8, 4) is 0 Å². The standard InChI is InChI=1S/C36H27N/c1-3-9-27(10-4-1)15-16-29-18-20-32-26-33(23-21-31(32)25-29)37-36-24-22-30(34-13-7-8-14-35(34)36)19-17-28-11-5-2-6-12-28/h1-26,37H. The van der Waals surface area contributed by atoms with Crippen LogP contribution < -0.4 is 5.32 Å². The van der Waals surface area contributed by atoms with Gasteiger partial charge in [0.25, 0.3) is 0 Å². The molecule has 0 heterocycles. The molecule has 0 atom stereocenters. The van der Waals surface area contributed by atoms with E-state index in [0.717, 1.165) is 11.4 Å². The van der Waals surface area contributed by atoms with Crippen molar-refractivity contribution in [3.05, 3.63) is 156 Å². The van der Waals surface area contributed by atoms with Crippen LogP contribution in [0.3, 0.4) is 0 Å². The van der Waals surface area contributed by atoms with Gasteiger partial charge in [0.1, 0.15) is 0 Å². The molecule has 0 bridgehead atoms. The topological polar surface area (TPSA) is 12.0 Å². The van der Waals surface area contributed by atoms with Crippen molar-refractivity contribution in [2.75, 3.05) is 5.32 Å². The average Bonchev–Trinajstić information content (AvgIpc) is 2.97. The van der Waals surface area contributed by atoms with E-state index in [4.69, 9.17) is 0 Å². The lowest BCUT2D eigenvalue weighted by Crippen LogP contribution is -1.93. The van der Waals surface area contributed by atoms with E-state index >= 15 is 0 Å². The lowest BCUT2D eigenvalue weighted by molar-refractivity contribution is 1.59. The summed E-state index contributed by atoms with van der Waals surface area (Å²) in [7, 11) is 0. The molecule has 0 fully saturated rings. The van der Waals surface area contributed by atoms with Crippen LogP contribution >= 0.6 is 0 Å². The van der Waals surface area contributed by atoms with Crippen LogP contribution in [0.15, 0.2) is 133 Å². The quantitative estimate of drug-likeness (QED) is 0.237. The number of hydrogen-bond donors (Lipinski definition) is 1. The molecule has 1 nitrogen and oxygen atoms in total. The highest BCUT2D eigenvalue weighted by Crippen LogP contribution is 2.31. The monoisotopic (exact) mass is 473 g/mol. The highest BCUT2D eigenvalue weighted by atomic mass is 14.9. The molecule has 0 aliphatic heterocycles. The first-order chi connectivity index (χ1) is 18.3. The second-order valence-corrected chi connectivity index (χ2v) is 9.18. The highest BCUT2D eigenvalue weighted by Gasteiger charge is 2.06. The van der Waals surface area contributed by atoms with E-state index in [1.165, 1.54) is 43.8 Å². The van der Waals surface area contributed by atoms with Crippen LogP contribution in [-0.2, 0) is 0 Å². The Hall–Kier alpha value is -4.88. The number of hydrogen-bond acceptors (Lipinski definition) is 1. The van der Waals surface area contributed by atoms with E-state index in [1.54, 1.807) is 0 Å². The largest absolute Gasteiger partial charge is 0.355 e. The van der Waals surface area contributed by atoms with Crippen molar-refractivity contribution in [3.63, 3.8) is 0 Å². The minimum Gasteiger partial charge on any atom is -0.355 e. The molecule has 0 aliphatic carbocycles. The van der Waals surface area contributed by atoms with Crippen molar-refractivity contribution in [1.82, 2.24) is 0 Å². The Morgan fingerprint density at radius 2 is 1.00 bits per heavy atom. The van der Waals surface area contributed by atoms with Crippen molar-refractivity contribution in [2.45, 2.75) is 0 Å². The Morgan fingerprint density at radius 3 is 1.76 bits per heavy atom. The van der Waals surface area contributed by atoms with Gasteiger partial charge < -0.3 is 5.32 Å². The molecule has 0 unspecified atom stereocenters. The summed E-state index contributed by atoms with van der Waals surface area (Å²) in [5.41, 5.74) is 6.99. The van der Waals surface area contributed by atoms with Gasteiger partial charge in [-0.3, -0.25) is 0 Å². The molecule has 37 heavy (non-hydrogen) atoms. The van der Waals surface area contributed by atoms with Gasteiger partial charge in [0.05, 0.1) is 0 Å². The molecule has 6 aromatic carbocycles. The fraction of sp³-hybridized carbons (Fsp3) is 0. The second kappa shape index (κ2) is 10.4. The van der Waals surface area contributed by atoms with Crippen molar-refractivity contribution < 1.29 is 0 Å². The number of nitrogens with one attached hydrogen (secondary N) is 1. The Bertz CT molecular complexity index is 1730. The summed E-state index contributed by atoms with van der Waals surface area (Å²) in [6, 6.07) is 46.9. The van der Waals surface area contributed by atoms with Crippen LogP contribution in [0.2, 0.25) is 0 Å². The zero-order chi connectivity index (χ0) is 24.9. The Balaban J connectivity index is 1.26. The first-order valence-corrected chi connectivity index (χ1v) is 12.6. The van der Waals surface area contributed by atoms with Gasteiger partial charge in [-0.1, -0.05) is 133 Å². The summed E-state index contributed by atoms with van der Waals surface area (Å²) in [4.78, 5) is 0. The minimum absolute atomic E-state index is 1.08. The molecule has 0 radical (unpaired) electrons. The van der Waals surface area contributed by atoms with E-state index in [1.807, 2.05) is 12.1 Å². The number of fused-ring (bicyclic) bond motifs is 2. The molecule has 0 saturated carbocycles. The predicted octanol–water partition coefficient (Wildman–Crippen LogP) is 10.1. The third kappa shape index (κ3) is 5.22. The summed E-state index contributed by atoms with van der Waals surface area (Å²) in [6.45, 7) is 0. The fourth-order valence-electron chi connectivity index (χ4n) is 4.68. The summed E-state index contributed by atoms with van der Waals surface area (Å²) in [5, 5.41) is 8.55. The maximum atomic E-state index is 3.66. The van der Waals surface area contributed by atoms with Gasteiger partial charge in [-0.25, -0.2) is 0 Å². The second-order valence-electron chi connectivity index (χ2n) is 9.18. The SMILES string of the molecule is C(=Cc1ccc2cc(Nc3ccc(C=Cc4ccccc4)c4ccccc34)ccc2c1)c1ccccc1. The summed E-state index contributed by atoms with van der Waals surface area (Å²) in [6.07, 6.45) is 8.69. The van der Waals surface area contributed by atoms with Gasteiger partial charge in [0, 0.05) is 16.8 Å². The van der Waals surface area contributed by atoms with E-state index in [-0.39, 0.29) is 0 Å². The highest BCUT2D eigenvalue weighted by molar-refractivity contribution is 6.01. The van der Waals surface area contributed by atoms with Crippen LogP contribution in [0.4, 0.5) is 11.4 Å². The minimum atomic E-state index is 1.08. The van der Waals surface area contributed by atoms with Crippen LogP contribution in [0.5, 0.6) is 0 Å². The Labute approximate surface area is 218 Å². The van der Waals surface area contributed by atoms with Crippen molar-refractivity contribution >= 4 is 57.2 Å². The molecular formula is C36H27N. The lowest BCUT2D eigenvalue weighted by atomic mass is 10.0. The third-order valence-electron chi connectivity index (χ3n) is 6.62. The number of benzene rings is 6. The van der Waals surface area contributed by atoms with Gasteiger partial charge in [-0.2, -0.15) is 0 Å². The van der Waals surface area contributed by atoms with Crippen LogP contribution in [0.1, 0.15) is 22.3 Å². The van der Waals surface area contributed by atoms with Crippen LogP contribution in [0.25, 0.3) is 45.8 Å². The number of anilines is 2. The van der Waals surface area contributed by atoms with Gasteiger partial charge in [-0.15, -0.1) is 0 Å². The average molecular weight is 474 g/mol. The zero-order valence-electron chi connectivity index (χ0n) is 20.5. The van der Waals surface area contributed by atoms with Crippen LogP contribution in [0, 0.1) is 0 Å². The maximum absolute atomic E-state index is 3.66. The number of rotatable bonds is 6. The normalized spacial score (nSPS) is 11.6. The Morgan fingerprint density at radius 1 is 0.405 bits per heavy atom. The molecule has 1 N–H and O–H groups in total. The van der Waals surface area contributed by atoms with Gasteiger partial charge in [0.2, 0.25) is 0 Å². The first-order valence-electron chi connectivity index (χ1n) is 12.6. The molecular weight excluding hydrogens is 446 g/mol. The molecule has 0 amide bonds. The lowest BCUT2D eigenvalue weighted by Gasteiger charge is -2.13. The smallest absolute Gasteiger partial charge is 0.0464 e. The molecule has 1 heteroatoms. The zero-order valence-corrected chi connectivity index (χ0v) is 20.5. The third-order valence-corrected chi connectivity index (χ3v) is 6.62. The summed E-state index contributed by atoms with van der Waals surface area (Å²) < 4.78 is 0. The summed E-state index contributed by atoms with van der Waals surface area (Å²) >= 11 is 0. The van der Waals surface area contributed by atoms with Gasteiger partial charge in [-0.05, 0) is 62.7 Å². The van der Waals surface area contributed by atoms with Gasteiger partial charge in [0.15, 0.2) is 0 Å². The molecule has 0 aliphatic rings. The molecule has 0 spiro atoms. The molecule has 0 aromatic heterocycles. The molecule has 0 saturated heterocycles.